The molecule has 7 atom stereocenters. The molecule has 182 valence electrons. The number of amides is 2. The minimum absolute atomic E-state index is 0.00374. The van der Waals surface area contributed by atoms with Gasteiger partial charge in [0.1, 0.15) is 17.6 Å². The minimum atomic E-state index is -1.27. The Morgan fingerprint density at radius 1 is 1.21 bits per heavy atom. The SMILES string of the molecule is CCCC(C)N1CC=C[C@]23O[C@H]4/C=C\CCCOC(=O)[C@H]4[C@H]2C(=O)N([C@@H](CC)CO)C3C1=O. The molecular formula is C25H36N2O6. The van der Waals surface area contributed by atoms with Crippen molar-refractivity contribution in [1.82, 2.24) is 9.80 Å². The molecule has 1 spiro atoms. The lowest BCUT2D eigenvalue weighted by atomic mass is 9.78. The van der Waals surface area contributed by atoms with E-state index < -0.39 is 41.6 Å². The first-order chi connectivity index (χ1) is 15.9. The molecule has 0 aromatic carbocycles. The van der Waals surface area contributed by atoms with E-state index in [0.29, 0.717) is 26.0 Å². The van der Waals surface area contributed by atoms with Gasteiger partial charge < -0.3 is 24.4 Å². The van der Waals surface area contributed by atoms with Crippen LogP contribution in [0, 0.1) is 11.8 Å². The van der Waals surface area contributed by atoms with Crippen molar-refractivity contribution >= 4 is 17.8 Å². The zero-order valence-corrected chi connectivity index (χ0v) is 19.8. The van der Waals surface area contributed by atoms with E-state index in [1.165, 1.54) is 4.90 Å². The number of carbonyl (C=O) groups is 3. The van der Waals surface area contributed by atoms with Crippen molar-refractivity contribution in [1.29, 1.82) is 0 Å². The number of ether oxygens (including phenoxy) is 2. The van der Waals surface area contributed by atoms with Crippen LogP contribution < -0.4 is 0 Å². The fourth-order valence-electron chi connectivity index (χ4n) is 5.99. The molecule has 8 nitrogen and oxygen atoms in total. The van der Waals surface area contributed by atoms with E-state index in [2.05, 4.69) is 6.92 Å². The van der Waals surface area contributed by atoms with Crippen molar-refractivity contribution in [3.63, 3.8) is 0 Å². The number of fused-ring (bicyclic) bond motifs is 2. The van der Waals surface area contributed by atoms with Gasteiger partial charge in [0, 0.05) is 12.6 Å². The maximum atomic E-state index is 14.0. The zero-order valence-electron chi connectivity index (χ0n) is 19.8. The van der Waals surface area contributed by atoms with Gasteiger partial charge in [0.25, 0.3) is 0 Å². The fourth-order valence-corrected chi connectivity index (χ4v) is 5.99. The van der Waals surface area contributed by atoms with Crippen LogP contribution in [-0.2, 0) is 23.9 Å². The topological polar surface area (TPSA) is 96.4 Å². The summed E-state index contributed by atoms with van der Waals surface area (Å²) in [5, 5.41) is 10.1. The van der Waals surface area contributed by atoms with Crippen molar-refractivity contribution in [2.24, 2.45) is 11.8 Å². The maximum absolute atomic E-state index is 14.0. The van der Waals surface area contributed by atoms with Crippen LogP contribution in [0.1, 0.15) is 52.9 Å². The number of aliphatic hydroxyl groups excluding tert-OH is 1. The third-order valence-corrected chi connectivity index (χ3v) is 7.63. The summed E-state index contributed by atoms with van der Waals surface area (Å²) in [6.45, 7) is 6.42. The second-order valence-electron chi connectivity index (χ2n) is 9.60. The van der Waals surface area contributed by atoms with Gasteiger partial charge in [-0.1, -0.05) is 44.6 Å². The molecule has 0 aromatic rings. The molecule has 2 saturated heterocycles. The van der Waals surface area contributed by atoms with E-state index in [1.54, 1.807) is 4.90 Å². The Morgan fingerprint density at radius 2 is 2.00 bits per heavy atom. The second-order valence-corrected chi connectivity index (χ2v) is 9.60. The number of esters is 1. The minimum Gasteiger partial charge on any atom is -0.465 e. The predicted molar refractivity (Wildman–Crippen MR) is 121 cm³/mol. The van der Waals surface area contributed by atoms with Gasteiger partial charge in [0.15, 0.2) is 0 Å². The smallest absolute Gasteiger partial charge is 0.312 e. The second kappa shape index (κ2) is 9.58. The van der Waals surface area contributed by atoms with Crippen molar-refractivity contribution < 1.29 is 29.0 Å². The van der Waals surface area contributed by atoms with E-state index in [0.717, 1.165) is 19.3 Å². The third kappa shape index (κ3) is 3.81. The summed E-state index contributed by atoms with van der Waals surface area (Å²) in [5.74, 6) is -2.66. The van der Waals surface area contributed by atoms with E-state index in [9.17, 15) is 19.5 Å². The molecule has 2 amide bonds. The summed E-state index contributed by atoms with van der Waals surface area (Å²) in [6, 6.07) is -1.47. The van der Waals surface area contributed by atoms with Crippen molar-refractivity contribution in [3.05, 3.63) is 24.3 Å². The van der Waals surface area contributed by atoms with E-state index in [1.807, 2.05) is 38.2 Å². The summed E-state index contributed by atoms with van der Waals surface area (Å²) < 4.78 is 12.1. The number of hydrogen-bond donors (Lipinski definition) is 1. The van der Waals surface area contributed by atoms with Crippen LogP contribution in [0.25, 0.3) is 0 Å². The number of hydrogen-bond acceptors (Lipinski definition) is 6. The van der Waals surface area contributed by atoms with Crippen molar-refractivity contribution in [3.8, 4) is 0 Å². The fraction of sp³-hybridized carbons (Fsp3) is 0.720. The van der Waals surface area contributed by atoms with Crippen LogP contribution in [-0.4, -0.2) is 82.3 Å². The molecular weight excluding hydrogens is 424 g/mol. The molecule has 4 aliphatic heterocycles. The molecule has 4 heterocycles. The summed E-state index contributed by atoms with van der Waals surface area (Å²) >= 11 is 0. The summed E-state index contributed by atoms with van der Waals surface area (Å²) in [7, 11) is 0. The van der Waals surface area contributed by atoms with Gasteiger partial charge >= 0.3 is 5.97 Å². The normalized spacial score (nSPS) is 36.7. The number of likely N-dealkylation sites (tertiary alicyclic amines) is 1. The number of allylic oxidation sites excluding steroid dienone is 1. The average molecular weight is 461 g/mol. The van der Waals surface area contributed by atoms with E-state index in [-0.39, 0.29) is 24.5 Å². The van der Waals surface area contributed by atoms with Crippen LogP contribution in [0.5, 0.6) is 0 Å². The van der Waals surface area contributed by atoms with Crippen LogP contribution in [0.2, 0.25) is 0 Å². The molecule has 4 aliphatic rings. The number of rotatable bonds is 6. The lowest BCUT2D eigenvalue weighted by Crippen LogP contribution is -2.59. The summed E-state index contributed by atoms with van der Waals surface area (Å²) in [4.78, 5) is 44.4. The van der Waals surface area contributed by atoms with Crippen molar-refractivity contribution in [2.45, 2.75) is 82.7 Å². The van der Waals surface area contributed by atoms with E-state index in [4.69, 9.17) is 9.47 Å². The quantitative estimate of drug-likeness (QED) is 0.480. The zero-order chi connectivity index (χ0) is 23.8. The van der Waals surface area contributed by atoms with Crippen LogP contribution in [0.3, 0.4) is 0 Å². The number of nitrogens with zero attached hydrogens (tertiary/aromatic N) is 2. The Labute approximate surface area is 195 Å². The Kier molecular flexibility index (Phi) is 6.96. The highest BCUT2D eigenvalue weighted by Gasteiger charge is 2.72. The Hall–Kier alpha value is -2.19. The Bertz CT molecular complexity index is 837. The highest BCUT2D eigenvalue weighted by atomic mass is 16.6. The average Bonchev–Trinajstić information content (AvgIpc) is 3.20. The highest BCUT2D eigenvalue weighted by molar-refractivity contribution is 5.99. The van der Waals surface area contributed by atoms with Gasteiger partial charge in [0.05, 0.1) is 31.3 Å². The Balaban J connectivity index is 1.83. The van der Waals surface area contributed by atoms with Gasteiger partial charge in [-0.3, -0.25) is 14.4 Å². The van der Waals surface area contributed by atoms with Crippen LogP contribution in [0.4, 0.5) is 0 Å². The molecule has 8 heteroatoms. The van der Waals surface area contributed by atoms with Gasteiger partial charge in [-0.15, -0.1) is 0 Å². The lowest BCUT2D eigenvalue weighted by molar-refractivity contribution is -0.156. The largest absolute Gasteiger partial charge is 0.465 e. The number of cyclic esters (lactones) is 1. The molecule has 0 aliphatic carbocycles. The Morgan fingerprint density at radius 3 is 2.70 bits per heavy atom. The molecule has 0 saturated carbocycles. The molecule has 33 heavy (non-hydrogen) atoms. The first-order valence-corrected chi connectivity index (χ1v) is 12.3. The summed E-state index contributed by atoms with van der Waals surface area (Å²) in [5.41, 5.74) is -1.27. The first-order valence-electron chi connectivity index (χ1n) is 12.3. The molecule has 0 bridgehead atoms. The number of aliphatic hydroxyl groups is 1. The third-order valence-electron chi connectivity index (χ3n) is 7.63. The molecule has 1 N–H and O–H groups in total. The maximum Gasteiger partial charge on any atom is 0.312 e. The predicted octanol–water partition coefficient (Wildman–Crippen LogP) is 1.82. The monoisotopic (exact) mass is 460 g/mol. The number of carbonyl (C=O) groups excluding carboxylic acids is 3. The van der Waals surface area contributed by atoms with Crippen molar-refractivity contribution in [2.75, 3.05) is 19.8 Å². The standard InChI is InChI=1S/C25H36N2O6/c1-4-10-16(3)26-13-9-12-25-20(19-18(33-25)11-7-6-8-14-32-24(19)31)22(29)27(17(5-2)15-28)21(25)23(26)30/h7,9,11-12,16-21,28H,4-6,8,10,13-15H2,1-3H3/b11-7-/t16?,17-,18-,19+,20-,21?,25-/m0/s1. The molecule has 0 radical (unpaired) electrons. The van der Waals surface area contributed by atoms with Crippen LogP contribution in [0.15, 0.2) is 24.3 Å². The van der Waals surface area contributed by atoms with Gasteiger partial charge in [-0.2, -0.15) is 0 Å². The molecule has 2 unspecified atom stereocenters. The van der Waals surface area contributed by atoms with E-state index >= 15 is 0 Å². The molecule has 2 fully saturated rings. The van der Waals surface area contributed by atoms with Gasteiger partial charge in [-0.05, 0) is 32.6 Å². The van der Waals surface area contributed by atoms with Gasteiger partial charge in [-0.25, -0.2) is 0 Å². The lowest BCUT2D eigenvalue weighted by Gasteiger charge is -2.39. The first kappa shape index (κ1) is 24.0. The molecule has 4 rings (SSSR count). The van der Waals surface area contributed by atoms with Gasteiger partial charge in [0.2, 0.25) is 11.8 Å². The molecule has 0 aromatic heterocycles. The highest BCUT2D eigenvalue weighted by Crippen LogP contribution is 2.53. The summed E-state index contributed by atoms with van der Waals surface area (Å²) in [6.07, 6.45) is 10.6. The van der Waals surface area contributed by atoms with Crippen LogP contribution >= 0.6 is 0 Å².